The van der Waals surface area contributed by atoms with Crippen molar-refractivity contribution >= 4 is 27.3 Å². The molecule has 4 heteroatoms. The molecular weight excluding hydrogens is 325 g/mol. The van der Waals surface area contributed by atoms with Crippen molar-refractivity contribution in [2.45, 2.75) is 25.8 Å². The van der Waals surface area contributed by atoms with Gasteiger partial charge in [0.2, 0.25) is 0 Å². The normalized spacial score (nSPS) is 12.6. The summed E-state index contributed by atoms with van der Waals surface area (Å²) in [6.07, 6.45) is 1.98. The van der Waals surface area contributed by atoms with Crippen LogP contribution in [0, 0.1) is 5.82 Å². The van der Waals surface area contributed by atoms with Gasteiger partial charge in [-0.1, -0.05) is 28.9 Å². The maximum atomic E-state index is 13.4. The third kappa shape index (κ3) is 4.13. The molecule has 1 heterocycles. The smallest absolute Gasteiger partial charge is 0.123 e. The van der Waals surface area contributed by atoms with Crippen LogP contribution in [0.2, 0.25) is 0 Å². The standard InChI is InChI=1S/C15H17BrFNS/c1-2-18-15(8-6-12-4-3-9-19-12)13-10-11(17)5-7-14(13)16/h3-5,7,9-10,15,18H,2,6,8H2,1H3. The first-order valence-electron chi connectivity index (χ1n) is 6.41. The van der Waals surface area contributed by atoms with Gasteiger partial charge in [-0.3, -0.25) is 0 Å². The fourth-order valence-corrected chi connectivity index (χ4v) is 3.38. The van der Waals surface area contributed by atoms with Crippen LogP contribution in [-0.4, -0.2) is 6.54 Å². The van der Waals surface area contributed by atoms with Gasteiger partial charge >= 0.3 is 0 Å². The Morgan fingerprint density at radius 1 is 1.37 bits per heavy atom. The van der Waals surface area contributed by atoms with Gasteiger partial charge in [0, 0.05) is 15.4 Å². The second kappa shape index (κ2) is 7.17. The maximum absolute atomic E-state index is 13.4. The van der Waals surface area contributed by atoms with Gasteiger partial charge in [0.1, 0.15) is 5.82 Å². The molecule has 0 radical (unpaired) electrons. The zero-order chi connectivity index (χ0) is 13.7. The molecule has 19 heavy (non-hydrogen) atoms. The van der Waals surface area contributed by atoms with Crippen molar-refractivity contribution in [1.82, 2.24) is 5.32 Å². The zero-order valence-electron chi connectivity index (χ0n) is 10.8. The minimum absolute atomic E-state index is 0.178. The highest BCUT2D eigenvalue weighted by Crippen LogP contribution is 2.28. The second-order valence-electron chi connectivity index (χ2n) is 4.39. The number of thiophene rings is 1. The van der Waals surface area contributed by atoms with Gasteiger partial charge in [-0.25, -0.2) is 4.39 Å². The molecule has 1 N–H and O–H groups in total. The predicted molar refractivity (Wildman–Crippen MR) is 83.2 cm³/mol. The van der Waals surface area contributed by atoms with Crippen LogP contribution >= 0.6 is 27.3 Å². The van der Waals surface area contributed by atoms with Crippen LogP contribution in [0.3, 0.4) is 0 Å². The summed E-state index contributed by atoms with van der Waals surface area (Å²) in [5.74, 6) is -0.183. The van der Waals surface area contributed by atoms with Crippen LogP contribution in [0.4, 0.5) is 4.39 Å². The monoisotopic (exact) mass is 341 g/mol. The number of hydrogen-bond acceptors (Lipinski definition) is 2. The fourth-order valence-electron chi connectivity index (χ4n) is 2.14. The summed E-state index contributed by atoms with van der Waals surface area (Å²) in [5.41, 5.74) is 0.999. The lowest BCUT2D eigenvalue weighted by Gasteiger charge is -2.19. The molecule has 1 unspecified atom stereocenters. The first-order valence-corrected chi connectivity index (χ1v) is 8.08. The first-order chi connectivity index (χ1) is 9.20. The van der Waals surface area contributed by atoms with Crippen molar-refractivity contribution < 1.29 is 4.39 Å². The van der Waals surface area contributed by atoms with Gasteiger partial charge in [-0.05, 0) is 54.6 Å². The van der Waals surface area contributed by atoms with Crippen molar-refractivity contribution in [3.05, 3.63) is 56.4 Å². The van der Waals surface area contributed by atoms with Crippen molar-refractivity contribution in [3.63, 3.8) is 0 Å². The third-order valence-electron chi connectivity index (χ3n) is 3.04. The number of aryl methyl sites for hydroxylation is 1. The quantitative estimate of drug-likeness (QED) is 0.785. The van der Waals surface area contributed by atoms with Gasteiger partial charge in [-0.15, -0.1) is 11.3 Å². The van der Waals surface area contributed by atoms with E-state index in [0.717, 1.165) is 29.4 Å². The minimum Gasteiger partial charge on any atom is -0.310 e. The number of hydrogen-bond donors (Lipinski definition) is 1. The molecule has 0 aliphatic heterocycles. The highest BCUT2D eigenvalue weighted by Gasteiger charge is 2.14. The number of nitrogens with one attached hydrogen (secondary N) is 1. The van der Waals surface area contributed by atoms with Crippen molar-refractivity contribution in [3.8, 4) is 0 Å². The molecule has 2 rings (SSSR count). The number of benzene rings is 1. The van der Waals surface area contributed by atoms with Crippen LogP contribution < -0.4 is 5.32 Å². The lowest BCUT2D eigenvalue weighted by molar-refractivity contribution is 0.510. The summed E-state index contributed by atoms with van der Waals surface area (Å²) in [6.45, 7) is 2.95. The number of halogens is 2. The Balaban J connectivity index is 2.12. The third-order valence-corrected chi connectivity index (χ3v) is 4.70. The van der Waals surface area contributed by atoms with E-state index < -0.39 is 0 Å². The van der Waals surface area contributed by atoms with E-state index in [9.17, 15) is 4.39 Å². The molecule has 0 saturated heterocycles. The van der Waals surface area contributed by atoms with E-state index in [-0.39, 0.29) is 11.9 Å². The van der Waals surface area contributed by atoms with Crippen LogP contribution in [0.15, 0.2) is 40.2 Å². The lowest BCUT2D eigenvalue weighted by atomic mass is 10.0. The second-order valence-corrected chi connectivity index (χ2v) is 6.28. The molecular formula is C15H17BrFNS. The molecule has 0 aliphatic rings. The van der Waals surface area contributed by atoms with E-state index in [1.165, 1.54) is 10.9 Å². The van der Waals surface area contributed by atoms with Crippen LogP contribution in [0.25, 0.3) is 0 Å². The van der Waals surface area contributed by atoms with Gasteiger partial charge < -0.3 is 5.32 Å². The van der Waals surface area contributed by atoms with Gasteiger partial charge in [0.05, 0.1) is 0 Å². The van der Waals surface area contributed by atoms with Crippen molar-refractivity contribution in [2.24, 2.45) is 0 Å². The Morgan fingerprint density at radius 2 is 2.21 bits per heavy atom. The molecule has 1 nitrogen and oxygen atoms in total. The fraction of sp³-hybridized carbons (Fsp3) is 0.333. The van der Waals surface area contributed by atoms with E-state index >= 15 is 0 Å². The predicted octanol–water partition coefficient (Wildman–Crippen LogP) is 4.93. The molecule has 0 spiro atoms. The average Bonchev–Trinajstić information content (AvgIpc) is 2.91. The van der Waals surface area contributed by atoms with Gasteiger partial charge in [0.25, 0.3) is 0 Å². The van der Waals surface area contributed by atoms with E-state index in [4.69, 9.17) is 0 Å². The Morgan fingerprint density at radius 3 is 2.89 bits per heavy atom. The Bertz CT molecular complexity index is 513. The van der Waals surface area contributed by atoms with E-state index in [1.54, 1.807) is 23.5 Å². The zero-order valence-corrected chi connectivity index (χ0v) is 13.2. The Kier molecular flexibility index (Phi) is 5.55. The maximum Gasteiger partial charge on any atom is 0.123 e. The van der Waals surface area contributed by atoms with Crippen molar-refractivity contribution in [2.75, 3.05) is 6.54 Å². The topological polar surface area (TPSA) is 12.0 Å². The van der Waals surface area contributed by atoms with Crippen LogP contribution in [-0.2, 0) is 6.42 Å². The van der Waals surface area contributed by atoms with Crippen LogP contribution in [0.5, 0.6) is 0 Å². The molecule has 0 saturated carbocycles. The molecule has 102 valence electrons. The average molecular weight is 342 g/mol. The summed E-state index contributed by atoms with van der Waals surface area (Å²) in [5, 5.41) is 5.53. The molecule has 0 aliphatic carbocycles. The van der Waals surface area contributed by atoms with E-state index in [1.807, 2.05) is 0 Å². The van der Waals surface area contributed by atoms with Gasteiger partial charge in [-0.2, -0.15) is 0 Å². The van der Waals surface area contributed by atoms with E-state index in [2.05, 4.69) is 45.7 Å². The summed E-state index contributed by atoms with van der Waals surface area (Å²) >= 11 is 5.29. The molecule has 1 aromatic heterocycles. The van der Waals surface area contributed by atoms with Gasteiger partial charge in [0.15, 0.2) is 0 Å². The largest absolute Gasteiger partial charge is 0.310 e. The van der Waals surface area contributed by atoms with Crippen LogP contribution in [0.1, 0.15) is 29.8 Å². The summed E-state index contributed by atoms with van der Waals surface area (Å²) in [7, 11) is 0. The number of rotatable bonds is 6. The summed E-state index contributed by atoms with van der Waals surface area (Å²) in [4.78, 5) is 1.37. The van der Waals surface area contributed by atoms with Crippen molar-refractivity contribution in [1.29, 1.82) is 0 Å². The summed E-state index contributed by atoms with van der Waals surface area (Å²) in [6, 6.07) is 9.27. The Hall–Kier alpha value is -0.710. The highest BCUT2D eigenvalue weighted by atomic mass is 79.9. The summed E-state index contributed by atoms with van der Waals surface area (Å²) < 4.78 is 14.4. The van der Waals surface area contributed by atoms with E-state index in [0.29, 0.717) is 0 Å². The SMILES string of the molecule is CCNC(CCc1cccs1)c1cc(F)ccc1Br. The Labute approximate surface area is 126 Å². The molecule has 1 atom stereocenters. The first kappa shape index (κ1) is 14.7. The molecule has 0 fully saturated rings. The minimum atomic E-state index is -0.183. The molecule has 1 aromatic carbocycles. The molecule has 0 bridgehead atoms. The highest BCUT2D eigenvalue weighted by molar-refractivity contribution is 9.10. The lowest BCUT2D eigenvalue weighted by Crippen LogP contribution is -2.22. The molecule has 0 amide bonds. The molecule has 2 aromatic rings.